The van der Waals surface area contributed by atoms with Crippen LogP contribution in [0.2, 0.25) is 5.02 Å². The van der Waals surface area contributed by atoms with E-state index < -0.39 is 18.0 Å². The van der Waals surface area contributed by atoms with Crippen molar-refractivity contribution < 1.29 is 18.7 Å². The molecule has 0 fully saturated rings. The van der Waals surface area contributed by atoms with Crippen molar-refractivity contribution in [3.63, 3.8) is 0 Å². The van der Waals surface area contributed by atoms with Crippen LogP contribution in [0.1, 0.15) is 30.6 Å². The van der Waals surface area contributed by atoms with E-state index in [0.29, 0.717) is 6.61 Å². The molecule has 0 saturated carbocycles. The molecule has 0 spiro atoms. The maximum Gasteiger partial charge on any atom is 0.437 e. The number of aliphatic imine (C=N–C) groups is 1. The van der Waals surface area contributed by atoms with E-state index in [1.165, 1.54) is 0 Å². The van der Waals surface area contributed by atoms with E-state index in [-0.39, 0.29) is 16.5 Å². The molecule has 112 valence electrons. The molecule has 4 nitrogen and oxygen atoms in total. The summed E-state index contributed by atoms with van der Waals surface area (Å²) in [6.45, 7) is 2.09. The first-order chi connectivity index (χ1) is 10.1. The average Bonchev–Trinajstić information content (AvgIpc) is 2.81. The highest BCUT2D eigenvalue weighted by atomic mass is 35.5. The zero-order chi connectivity index (χ0) is 15.0. The van der Waals surface area contributed by atoms with Crippen LogP contribution in [0.4, 0.5) is 9.18 Å². The second kappa shape index (κ2) is 5.85. The molecule has 0 saturated heterocycles. The minimum absolute atomic E-state index is 0.0325. The summed E-state index contributed by atoms with van der Waals surface area (Å²) < 4.78 is 25.0. The van der Waals surface area contributed by atoms with Crippen LogP contribution in [-0.2, 0) is 15.9 Å². The van der Waals surface area contributed by atoms with Crippen LogP contribution in [0.25, 0.3) is 0 Å². The van der Waals surface area contributed by atoms with E-state index in [1.807, 2.05) is 0 Å². The molecular formula is C14H13ClFNO3S. The number of carbonyl (C=O) groups is 1. The maximum absolute atomic E-state index is 14.5. The summed E-state index contributed by atoms with van der Waals surface area (Å²) in [7, 11) is 0. The first-order valence-electron chi connectivity index (χ1n) is 6.67. The van der Waals surface area contributed by atoms with Gasteiger partial charge in [0.1, 0.15) is 5.82 Å². The van der Waals surface area contributed by atoms with Gasteiger partial charge >= 0.3 is 6.09 Å². The van der Waals surface area contributed by atoms with Crippen molar-refractivity contribution in [1.82, 2.24) is 0 Å². The highest BCUT2D eigenvalue weighted by Crippen LogP contribution is 2.42. The van der Waals surface area contributed by atoms with E-state index in [1.54, 1.807) is 24.8 Å². The molecule has 0 radical (unpaired) electrons. The third-order valence-corrected chi connectivity index (χ3v) is 4.86. The van der Waals surface area contributed by atoms with Gasteiger partial charge in [-0.25, -0.2) is 9.18 Å². The Morgan fingerprint density at radius 3 is 3.19 bits per heavy atom. The zero-order valence-electron chi connectivity index (χ0n) is 11.3. The Labute approximate surface area is 130 Å². The summed E-state index contributed by atoms with van der Waals surface area (Å²) >= 11 is 7.53. The zero-order valence-corrected chi connectivity index (χ0v) is 12.9. The molecule has 0 N–H and O–H groups in total. The number of cyclic esters (lactones) is 1. The predicted octanol–water partition coefficient (Wildman–Crippen LogP) is 4.14. The normalized spacial score (nSPS) is 20.8. The van der Waals surface area contributed by atoms with Gasteiger partial charge < -0.3 is 9.47 Å². The van der Waals surface area contributed by atoms with Crippen molar-refractivity contribution in [3.8, 4) is 0 Å². The Morgan fingerprint density at radius 1 is 1.62 bits per heavy atom. The minimum atomic E-state index is -0.949. The number of hydrogen-bond acceptors (Lipinski definition) is 4. The lowest BCUT2D eigenvalue weighted by Gasteiger charge is -2.23. The monoisotopic (exact) mass is 329 g/mol. The fourth-order valence-corrected chi connectivity index (χ4v) is 3.90. The number of amides is 1. The van der Waals surface area contributed by atoms with Crippen LogP contribution in [-0.4, -0.2) is 24.4 Å². The standard InChI is InChI=1S/C14H13ClFNO3S/c1-2-19-13-11(20-14(18)17-13)9-10(16)8(15)6-7-4-3-5-21-12(7)9/h6,11H,2-5H2,1H3. The van der Waals surface area contributed by atoms with Gasteiger partial charge in [0.25, 0.3) is 0 Å². The second-order valence-corrected chi connectivity index (χ2v) is 6.19. The lowest BCUT2D eigenvalue weighted by atomic mass is 10.0. The Balaban J connectivity index is 2.11. The number of aryl methyl sites for hydroxylation is 1. The summed E-state index contributed by atoms with van der Waals surface area (Å²) in [6.07, 6.45) is 0.125. The van der Waals surface area contributed by atoms with E-state index >= 15 is 0 Å². The number of ether oxygens (including phenoxy) is 2. The van der Waals surface area contributed by atoms with Crippen molar-refractivity contribution in [2.24, 2.45) is 4.99 Å². The lowest BCUT2D eigenvalue weighted by molar-refractivity contribution is 0.137. The highest BCUT2D eigenvalue weighted by molar-refractivity contribution is 7.99. The summed E-state index contributed by atoms with van der Waals surface area (Å²) in [5, 5.41) is 0.0325. The minimum Gasteiger partial charge on any atom is -0.478 e. The third kappa shape index (κ3) is 2.62. The van der Waals surface area contributed by atoms with Crippen LogP contribution < -0.4 is 0 Å². The number of benzene rings is 1. The smallest absolute Gasteiger partial charge is 0.437 e. The fourth-order valence-electron chi connectivity index (χ4n) is 2.47. The molecule has 1 unspecified atom stereocenters. The molecule has 1 aromatic carbocycles. The summed E-state index contributed by atoms with van der Waals surface area (Å²) in [5.74, 6) is 0.414. The second-order valence-electron chi connectivity index (χ2n) is 4.67. The molecule has 7 heteroatoms. The first kappa shape index (κ1) is 14.7. The number of nitrogens with zero attached hydrogens (tertiary/aromatic N) is 1. The molecule has 2 heterocycles. The molecular weight excluding hydrogens is 317 g/mol. The number of hydrogen-bond donors (Lipinski definition) is 0. The van der Waals surface area contributed by atoms with Crippen molar-refractivity contribution >= 4 is 35.4 Å². The van der Waals surface area contributed by atoms with E-state index in [2.05, 4.69) is 4.99 Å². The maximum atomic E-state index is 14.5. The molecule has 21 heavy (non-hydrogen) atoms. The number of thioether (sulfide) groups is 1. The average molecular weight is 330 g/mol. The van der Waals surface area contributed by atoms with Crippen molar-refractivity contribution in [2.75, 3.05) is 12.4 Å². The van der Waals surface area contributed by atoms with Crippen LogP contribution >= 0.6 is 23.4 Å². The molecule has 0 aliphatic carbocycles. The largest absolute Gasteiger partial charge is 0.478 e. The van der Waals surface area contributed by atoms with Gasteiger partial charge in [0.05, 0.1) is 17.2 Å². The van der Waals surface area contributed by atoms with Crippen LogP contribution in [0, 0.1) is 5.82 Å². The number of rotatable bonds is 2. The van der Waals surface area contributed by atoms with Crippen molar-refractivity contribution in [1.29, 1.82) is 0 Å². The van der Waals surface area contributed by atoms with Gasteiger partial charge in [-0.15, -0.1) is 16.8 Å². The van der Waals surface area contributed by atoms with E-state index in [9.17, 15) is 9.18 Å². The van der Waals surface area contributed by atoms with Crippen LogP contribution in [0.3, 0.4) is 0 Å². The van der Waals surface area contributed by atoms with E-state index in [0.717, 1.165) is 29.1 Å². The Bertz CT molecular complexity index is 635. The molecule has 1 aromatic rings. The summed E-state index contributed by atoms with van der Waals surface area (Å²) in [6, 6.07) is 1.65. The third-order valence-electron chi connectivity index (χ3n) is 3.32. The Hall–Kier alpha value is -1.27. The molecule has 2 aliphatic rings. The first-order valence-corrected chi connectivity index (χ1v) is 8.03. The SMILES string of the molecule is CCOC1=NC(=O)OC1c1c(F)c(Cl)cc2c1SCCC2. The molecule has 0 aromatic heterocycles. The molecule has 1 amide bonds. The summed E-state index contributed by atoms with van der Waals surface area (Å²) in [5.41, 5.74) is 1.24. The highest BCUT2D eigenvalue weighted by Gasteiger charge is 2.37. The van der Waals surface area contributed by atoms with Gasteiger partial charge in [0.2, 0.25) is 12.0 Å². The number of fused-ring (bicyclic) bond motifs is 1. The van der Waals surface area contributed by atoms with Gasteiger partial charge in [-0.2, -0.15) is 0 Å². The van der Waals surface area contributed by atoms with Gasteiger partial charge in [0, 0.05) is 4.90 Å². The number of halogens is 2. The molecule has 0 bridgehead atoms. The van der Waals surface area contributed by atoms with Gasteiger partial charge in [-0.05, 0) is 37.1 Å². The Morgan fingerprint density at radius 2 is 2.43 bits per heavy atom. The van der Waals surface area contributed by atoms with Gasteiger partial charge in [-0.1, -0.05) is 11.6 Å². The van der Waals surface area contributed by atoms with Crippen molar-refractivity contribution in [2.45, 2.75) is 30.8 Å². The lowest BCUT2D eigenvalue weighted by Crippen LogP contribution is -2.18. The Kier molecular flexibility index (Phi) is 4.08. The quantitative estimate of drug-likeness (QED) is 0.818. The van der Waals surface area contributed by atoms with Gasteiger partial charge in [0.15, 0.2) is 0 Å². The topological polar surface area (TPSA) is 47.9 Å². The van der Waals surface area contributed by atoms with Crippen LogP contribution in [0.15, 0.2) is 16.0 Å². The predicted molar refractivity (Wildman–Crippen MR) is 78.7 cm³/mol. The molecule has 2 aliphatic heterocycles. The van der Waals surface area contributed by atoms with Gasteiger partial charge in [-0.3, -0.25) is 0 Å². The van der Waals surface area contributed by atoms with Crippen LogP contribution in [0.5, 0.6) is 0 Å². The fraction of sp³-hybridized carbons (Fsp3) is 0.429. The number of carbonyl (C=O) groups excluding carboxylic acids is 1. The summed E-state index contributed by atoms with van der Waals surface area (Å²) in [4.78, 5) is 15.9. The van der Waals surface area contributed by atoms with E-state index in [4.69, 9.17) is 21.1 Å². The molecule has 1 atom stereocenters. The van der Waals surface area contributed by atoms with Crippen molar-refractivity contribution in [3.05, 3.63) is 28.0 Å². The molecule has 3 rings (SSSR count).